The number of carbonyl (C=O) groups excluding carboxylic acids is 1. The predicted molar refractivity (Wildman–Crippen MR) is 59.3 cm³/mol. The standard InChI is InChI=1S/C10H12BrNO2/c1-14-10(13)6-7-12-9-4-2-8(11)3-5-9/h2-5,12H,6-7H2,1H3. The maximum absolute atomic E-state index is 10.8. The first-order valence-corrected chi connectivity index (χ1v) is 5.08. The van der Waals surface area contributed by atoms with Crippen LogP contribution < -0.4 is 5.32 Å². The Bertz CT molecular complexity index is 297. The van der Waals surface area contributed by atoms with E-state index in [0.717, 1.165) is 10.2 Å². The predicted octanol–water partition coefficient (Wildman–Crippen LogP) is 2.42. The van der Waals surface area contributed by atoms with Gasteiger partial charge in [-0.1, -0.05) is 15.9 Å². The highest BCUT2D eigenvalue weighted by atomic mass is 79.9. The van der Waals surface area contributed by atoms with Crippen molar-refractivity contribution in [3.63, 3.8) is 0 Å². The smallest absolute Gasteiger partial charge is 0.307 e. The maximum atomic E-state index is 10.8. The van der Waals surface area contributed by atoms with Crippen molar-refractivity contribution in [2.45, 2.75) is 6.42 Å². The zero-order valence-corrected chi connectivity index (χ0v) is 9.50. The molecular weight excluding hydrogens is 246 g/mol. The lowest BCUT2D eigenvalue weighted by Gasteiger charge is -2.04. The van der Waals surface area contributed by atoms with E-state index in [0.29, 0.717) is 13.0 Å². The van der Waals surface area contributed by atoms with Crippen LogP contribution in [0.3, 0.4) is 0 Å². The first-order valence-electron chi connectivity index (χ1n) is 4.28. The average molecular weight is 258 g/mol. The second-order valence-corrected chi connectivity index (χ2v) is 3.68. The van der Waals surface area contributed by atoms with E-state index in [-0.39, 0.29) is 5.97 Å². The maximum Gasteiger partial charge on any atom is 0.307 e. The molecule has 0 bridgehead atoms. The molecule has 14 heavy (non-hydrogen) atoms. The van der Waals surface area contributed by atoms with E-state index in [1.165, 1.54) is 7.11 Å². The van der Waals surface area contributed by atoms with Crippen molar-refractivity contribution in [1.29, 1.82) is 0 Å². The van der Waals surface area contributed by atoms with Crippen molar-refractivity contribution >= 4 is 27.6 Å². The zero-order chi connectivity index (χ0) is 10.4. The second-order valence-electron chi connectivity index (χ2n) is 2.76. The highest BCUT2D eigenvalue weighted by Crippen LogP contribution is 2.13. The number of halogens is 1. The average Bonchev–Trinajstić information content (AvgIpc) is 2.21. The topological polar surface area (TPSA) is 38.3 Å². The van der Waals surface area contributed by atoms with E-state index in [9.17, 15) is 4.79 Å². The summed E-state index contributed by atoms with van der Waals surface area (Å²) in [6, 6.07) is 7.78. The van der Waals surface area contributed by atoms with Crippen LogP contribution in [0.5, 0.6) is 0 Å². The van der Waals surface area contributed by atoms with Gasteiger partial charge in [-0.3, -0.25) is 4.79 Å². The van der Waals surface area contributed by atoms with Crippen molar-refractivity contribution in [3.05, 3.63) is 28.7 Å². The molecule has 1 aromatic rings. The van der Waals surface area contributed by atoms with Crippen molar-refractivity contribution in [1.82, 2.24) is 0 Å². The van der Waals surface area contributed by atoms with Gasteiger partial charge in [0.15, 0.2) is 0 Å². The number of ether oxygens (including phenoxy) is 1. The van der Waals surface area contributed by atoms with Gasteiger partial charge in [-0.15, -0.1) is 0 Å². The van der Waals surface area contributed by atoms with Crippen LogP contribution in [-0.4, -0.2) is 19.6 Å². The van der Waals surface area contributed by atoms with Crippen LogP contribution in [0.15, 0.2) is 28.7 Å². The highest BCUT2D eigenvalue weighted by Gasteiger charge is 1.98. The van der Waals surface area contributed by atoms with Gasteiger partial charge >= 0.3 is 5.97 Å². The molecule has 0 fully saturated rings. The molecular formula is C10H12BrNO2. The molecule has 1 N–H and O–H groups in total. The summed E-state index contributed by atoms with van der Waals surface area (Å²) < 4.78 is 5.56. The minimum Gasteiger partial charge on any atom is -0.469 e. The van der Waals surface area contributed by atoms with Gasteiger partial charge in [0.1, 0.15) is 0 Å². The number of hydrogen-bond donors (Lipinski definition) is 1. The summed E-state index contributed by atoms with van der Waals surface area (Å²) in [6.45, 7) is 0.592. The van der Waals surface area contributed by atoms with E-state index in [1.54, 1.807) is 0 Å². The molecule has 0 spiro atoms. The van der Waals surface area contributed by atoms with Crippen LogP contribution in [0.4, 0.5) is 5.69 Å². The Balaban J connectivity index is 2.31. The van der Waals surface area contributed by atoms with Gasteiger partial charge in [0.2, 0.25) is 0 Å². The number of nitrogens with one attached hydrogen (secondary N) is 1. The van der Waals surface area contributed by atoms with Crippen LogP contribution in [0.25, 0.3) is 0 Å². The van der Waals surface area contributed by atoms with E-state index < -0.39 is 0 Å². The molecule has 0 radical (unpaired) electrons. The van der Waals surface area contributed by atoms with Crippen LogP contribution in [0, 0.1) is 0 Å². The summed E-state index contributed by atoms with van der Waals surface area (Å²) in [4.78, 5) is 10.8. The van der Waals surface area contributed by atoms with Crippen LogP contribution in [-0.2, 0) is 9.53 Å². The molecule has 0 aliphatic heterocycles. The third-order valence-corrected chi connectivity index (χ3v) is 2.26. The molecule has 1 rings (SSSR count). The lowest BCUT2D eigenvalue weighted by molar-refractivity contribution is -0.140. The fourth-order valence-corrected chi connectivity index (χ4v) is 1.24. The van der Waals surface area contributed by atoms with Crippen LogP contribution >= 0.6 is 15.9 Å². The van der Waals surface area contributed by atoms with Gasteiger partial charge < -0.3 is 10.1 Å². The summed E-state index contributed by atoms with van der Waals surface area (Å²) in [5.41, 5.74) is 0.997. The summed E-state index contributed by atoms with van der Waals surface area (Å²) in [5.74, 6) is -0.199. The first-order chi connectivity index (χ1) is 6.72. The number of benzene rings is 1. The molecule has 0 unspecified atom stereocenters. The number of esters is 1. The number of carbonyl (C=O) groups is 1. The molecule has 0 aliphatic carbocycles. The summed E-state index contributed by atoms with van der Waals surface area (Å²) in [6.07, 6.45) is 0.382. The van der Waals surface area contributed by atoms with Crippen molar-refractivity contribution < 1.29 is 9.53 Å². The normalized spacial score (nSPS) is 9.57. The molecule has 0 saturated heterocycles. The largest absolute Gasteiger partial charge is 0.469 e. The SMILES string of the molecule is COC(=O)CCNc1ccc(Br)cc1. The minimum absolute atomic E-state index is 0.199. The Hall–Kier alpha value is -1.03. The van der Waals surface area contributed by atoms with Crippen LogP contribution in [0.1, 0.15) is 6.42 Å². The van der Waals surface area contributed by atoms with E-state index in [4.69, 9.17) is 0 Å². The molecule has 0 amide bonds. The number of anilines is 1. The monoisotopic (exact) mass is 257 g/mol. The molecule has 0 aliphatic rings. The third-order valence-electron chi connectivity index (χ3n) is 1.73. The van der Waals surface area contributed by atoms with Gasteiger partial charge in [-0.05, 0) is 24.3 Å². The van der Waals surface area contributed by atoms with Crippen molar-refractivity contribution in [2.75, 3.05) is 19.0 Å². The Morgan fingerprint density at radius 1 is 1.43 bits per heavy atom. The molecule has 0 aromatic heterocycles. The quantitative estimate of drug-likeness (QED) is 0.843. The molecule has 0 atom stereocenters. The molecule has 0 saturated carbocycles. The first kappa shape index (κ1) is 11.0. The Morgan fingerprint density at radius 3 is 2.64 bits per heavy atom. The third kappa shape index (κ3) is 3.79. The fourth-order valence-electron chi connectivity index (χ4n) is 0.979. The highest BCUT2D eigenvalue weighted by molar-refractivity contribution is 9.10. The molecule has 1 aromatic carbocycles. The number of rotatable bonds is 4. The van der Waals surface area contributed by atoms with E-state index in [2.05, 4.69) is 26.0 Å². The zero-order valence-electron chi connectivity index (χ0n) is 7.92. The Labute approximate surface area is 91.6 Å². The lowest BCUT2D eigenvalue weighted by atomic mass is 10.3. The Morgan fingerprint density at radius 2 is 2.07 bits per heavy atom. The second kappa shape index (κ2) is 5.65. The summed E-state index contributed by atoms with van der Waals surface area (Å²) in [5, 5.41) is 3.12. The number of hydrogen-bond acceptors (Lipinski definition) is 3. The van der Waals surface area contributed by atoms with Gasteiger partial charge in [0, 0.05) is 16.7 Å². The van der Waals surface area contributed by atoms with Crippen molar-refractivity contribution in [2.24, 2.45) is 0 Å². The van der Waals surface area contributed by atoms with Crippen LogP contribution in [0.2, 0.25) is 0 Å². The van der Waals surface area contributed by atoms with Crippen molar-refractivity contribution in [3.8, 4) is 0 Å². The number of methoxy groups -OCH3 is 1. The van der Waals surface area contributed by atoms with E-state index >= 15 is 0 Å². The summed E-state index contributed by atoms with van der Waals surface area (Å²) >= 11 is 3.35. The van der Waals surface area contributed by atoms with Gasteiger partial charge in [0.05, 0.1) is 13.5 Å². The molecule has 4 heteroatoms. The molecule has 3 nitrogen and oxygen atoms in total. The lowest BCUT2D eigenvalue weighted by Crippen LogP contribution is -2.09. The van der Waals surface area contributed by atoms with Gasteiger partial charge in [-0.2, -0.15) is 0 Å². The van der Waals surface area contributed by atoms with E-state index in [1.807, 2.05) is 24.3 Å². The fraction of sp³-hybridized carbons (Fsp3) is 0.300. The minimum atomic E-state index is -0.199. The summed E-state index contributed by atoms with van der Waals surface area (Å²) in [7, 11) is 1.39. The van der Waals surface area contributed by atoms with Gasteiger partial charge in [0.25, 0.3) is 0 Å². The molecule has 0 heterocycles. The molecule has 76 valence electrons. The Kier molecular flexibility index (Phi) is 4.46. The van der Waals surface area contributed by atoms with Gasteiger partial charge in [-0.25, -0.2) is 0 Å².